The van der Waals surface area contributed by atoms with E-state index in [1.807, 2.05) is 0 Å². The standard InChI is InChI=1S/C20H23N5O5S/c1-3-24(4-2)31(27,28)15-6-7-17-16(12-15)22-23-25(17)10-9-20(26)21-14-5-8-18-19(11-14)30-13-29-18/h5-8,11-12H,3-4,9-10,13H2,1-2H3,(H,21,26). The molecule has 3 aromatic rings. The lowest BCUT2D eigenvalue weighted by atomic mass is 10.2. The number of hydrogen-bond donors (Lipinski definition) is 1. The van der Waals surface area contributed by atoms with Crippen LogP contribution in [0.4, 0.5) is 5.69 Å². The number of aromatic nitrogens is 3. The number of carbonyl (C=O) groups excluding carboxylic acids is 1. The van der Waals surface area contributed by atoms with Gasteiger partial charge in [-0.05, 0) is 30.3 Å². The summed E-state index contributed by atoms with van der Waals surface area (Å²) in [7, 11) is -3.58. The number of anilines is 1. The fraction of sp³-hybridized carbons (Fsp3) is 0.350. The minimum Gasteiger partial charge on any atom is -0.454 e. The minimum absolute atomic E-state index is 0.171. The quantitative estimate of drug-likeness (QED) is 0.565. The maximum atomic E-state index is 12.7. The van der Waals surface area contributed by atoms with E-state index in [0.717, 1.165) is 0 Å². The molecule has 1 aliphatic heterocycles. The van der Waals surface area contributed by atoms with E-state index in [0.29, 0.717) is 47.9 Å². The number of nitrogens with zero attached hydrogens (tertiary/aromatic N) is 4. The van der Waals surface area contributed by atoms with Gasteiger partial charge < -0.3 is 14.8 Å². The van der Waals surface area contributed by atoms with Crippen LogP contribution in [0.15, 0.2) is 41.3 Å². The third kappa shape index (κ3) is 4.19. The Balaban J connectivity index is 1.44. The molecule has 2 heterocycles. The van der Waals surface area contributed by atoms with Crippen LogP contribution in [0.1, 0.15) is 20.3 Å². The van der Waals surface area contributed by atoms with Crippen molar-refractivity contribution in [2.45, 2.75) is 31.7 Å². The van der Waals surface area contributed by atoms with Gasteiger partial charge in [0.2, 0.25) is 22.7 Å². The zero-order chi connectivity index (χ0) is 22.0. The fourth-order valence-electron chi connectivity index (χ4n) is 3.40. The third-order valence-corrected chi connectivity index (χ3v) is 7.08. The number of sulfonamides is 1. The lowest BCUT2D eigenvalue weighted by Gasteiger charge is -2.18. The molecule has 10 nitrogen and oxygen atoms in total. The maximum absolute atomic E-state index is 12.7. The summed E-state index contributed by atoms with van der Waals surface area (Å²) < 4.78 is 39.0. The van der Waals surface area contributed by atoms with Gasteiger partial charge in [0, 0.05) is 31.3 Å². The number of ether oxygens (including phenoxy) is 2. The summed E-state index contributed by atoms with van der Waals surface area (Å²) >= 11 is 0. The van der Waals surface area contributed by atoms with Crippen LogP contribution < -0.4 is 14.8 Å². The highest BCUT2D eigenvalue weighted by molar-refractivity contribution is 7.89. The molecule has 1 aliphatic rings. The Hall–Kier alpha value is -3.18. The highest BCUT2D eigenvalue weighted by atomic mass is 32.2. The minimum atomic E-state index is -3.58. The molecule has 0 fully saturated rings. The van der Waals surface area contributed by atoms with Gasteiger partial charge in [-0.1, -0.05) is 19.1 Å². The molecule has 0 saturated carbocycles. The third-order valence-electron chi connectivity index (χ3n) is 5.04. The zero-order valence-corrected chi connectivity index (χ0v) is 18.1. The summed E-state index contributed by atoms with van der Waals surface area (Å²) in [5.41, 5.74) is 1.74. The highest BCUT2D eigenvalue weighted by Crippen LogP contribution is 2.34. The van der Waals surface area contributed by atoms with Gasteiger partial charge in [0.25, 0.3) is 0 Å². The Labute approximate surface area is 179 Å². The van der Waals surface area contributed by atoms with Crippen molar-refractivity contribution in [3.05, 3.63) is 36.4 Å². The number of nitrogens with one attached hydrogen (secondary N) is 1. The molecule has 1 N–H and O–H groups in total. The molecule has 4 rings (SSSR count). The summed E-state index contributed by atoms with van der Waals surface area (Å²) in [5.74, 6) is 1.05. The molecular weight excluding hydrogens is 422 g/mol. The van der Waals surface area contributed by atoms with Gasteiger partial charge >= 0.3 is 0 Å². The van der Waals surface area contributed by atoms with Crippen LogP contribution in [-0.2, 0) is 21.4 Å². The summed E-state index contributed by atoms with van der Waals surface area (Å²) in [4.78, 5) is 12.5. The molecule has 0 atom stereocenters. The van der Waals surface area contributed by atoms with E-state index in [2.05, 4.69) is 15.6 Å². The molecule has 1 amide bonds. The maximum Gasteiger partial charge on any atom is 0.243 e. The van der Waals surface area contributed by atoms with Crippen LogP contribution in [0.2, 0.25) is 0 Å². The van der Waals surface area contributed by atoms with E-state index in [1.165, 1.54) is 10.4 Å². The van der Waals surface area contributed by atoms with Crippen molar-refractivity contribution in [1.29, 1.82) is 0 Å². The summed E-state index contributed by atoms with van der Waals surface area (Å²) in [6, 6.07) is 9.92. The van der Waals surface area contributed by atoms with Crippen LogP contribution in [-0.4, -0.2) is 53.5 Å². The van der Waals surface area contributed by atoms with Crippen molar-refractivity contribution in [2.75, 3.05) is 25.2 Å². The molecule has 0 unspecified atom stereocenters. The smallest absolute Gasteiger partial charge is 0.243 e. The first kappa shape index (κ1) is 21.1. The summed E-state index contributed by atoms with van der Waals surface area (Å²) in [6.07, 6.45) is 0.173. The number of rotatable bonds is 8. The van der Waals surface area contributed by atoms with Crippen LogP contribution >= 0.6 is 0 Å². The van der Waals surface area contributed by atoms with E-state index in [4.69, 9.17) is 9.47 Å². The van der Waals surface area contributed by atoms with Crippen molar-refractivity contribution in [3.63, 3.8) is 0 Å². The second kappa shape index (κ2) is 8.52. The van der Waals surface area contributed by atoms with Crippen molar-refractivity contribution in [2.24, 2.45) is 0 Å². The van der Waals surface area contributed by atoms with Crippen LogP contribution in [0.5, 0.6) is 11.5 Å². The van der Waals surface area contributed by atoms with E-state index >= 15 is 0 Å². The monoisotopic (exact) mass is 445 g/mol. The fourth-order valence-corrected chi connectivity index (χ4v) is 4.87. The predicted octanol–water partition coefficient (Wildman–Crippen LogP) is 2.22. The lowest BCUT2D eigenvalue weighted by Crippen LogP contribution is -2.30. The first-order valence-electron chi connectivity index (χ1n) is 9.95. The number of hydrogen-bond acceptors (Lipinski definition) is 7. The Morgan fingerprint density at radius 1 is 1.13 bits per heavy atom. The van der Waals surface area contributed by atoms with Crippen molar-refractivity contribution >= 4 is 32.7 Å². The van der Waals surface area contributed by atoms with Crippen molar-refractivity contribution in [1.82, 2.24) is 19.3 Å². The molecule has 164 valence electrons. The average molecular weight is 446 g/mol. The van der Waals surface area contributed by atoms with E-state index in [9.17, 15) is 13.2 Å². The lowest BCUT2D eigenvalue weighted by molar-refractivity contribution is -0.116. The van der Waals surface area contributed by atoms with Gasteiger partial charge in [0.05, 0.1) is 17.0 Å². The SMILES string of the molecule is CCN(CC)S(=O)(=O)c1ccc2c(c1)nnn2CCC(=O)Nc1ccc2c(c1)OCO2. The Morgan fingerprint density at radius 3 is 2.68 bits per heavy atom. The Morgan fingerprint density at radius 2 is 1.90 bits per heavy atom. The topological polar surface area (TPSA) is 116 Å². The van der Waals surface area contributed by atoms with E-state index in [-0.39, 0.29) is 24.0 Å². The first-order chi connectivity index (χ1) is 14.9. The second-order valence-electron chi connectivity index (χ2n) is 6.92. The van der Waals surface area contributed by atoms with Crippen LogP contribution in [0.3, 0.4) is 0 Å². The molecular formula is C20H23N5O5S. The zero-order valence-electron chi connectivity index (χ0n) is 17.2. The molecule has 1 aromatic heterocycles. The predicted molar refractivity (Wildman–Crippen MR) is 113 cm³/mol. The molecule has 0 aliphatic carbocycles. The van der Waals surface area contributed by atoms with Gasteiger partial charge in [-0.2, -0.15) is 4.31 Å². The van der Waals surface area contributed by atoms with E-state index < -0.39 is 10.0 Å². The number of benzene rings is 2. The number of aryl methyl sites for hydroxylation is 1. The van der Waals surface area contributed by atoms with Crippen LogP contribution in [0.25, 0.3) is 11.0 Å². The molecule has 0 spiro atoms. The van der Waals surface area contributed by atoms with Crippen LogP contribution in [0, 0.1) is 0 Å². The van der Waals surface area contributed by atoms with Gasteiger partial charge in [0.1, 0.15) is 5.52 Å². The number of amides is 1. The second-order valence-corrected chi connectivity index (χ2v) is 8.86. The molecule has 2 aromatic carbocycles. The van der Waals surface area contributed by atoms with Crippen molar-refractivity contribution in [3.8, 4) is 11.5 Å². The normalized spacial score (nSPS) is 13.1. The largest absolute Gasteiger partial charge is 0.454 e. The number of carbonyl (C=O) groups is 1. The Kier molecular flexibility index (Phi) is 5.79. The average Bonchev–Trinajstić information content (AvgIpc) is 3.39. The van der Waals surface area contributed by atoms with Crippen molar-refractivity contribution < 1.29 is 22.7 Å². The van der Waals surface area contributed by atoms with Gasteiger partial charge in [-0.25, -0.2) is 13.1 Å². The van der Waals surface area contributed by atoms with Gasteiger partial charge in [-0.3, -0.25) is 4.79 Å². The molecule has 31 heavy (non-hydrogen) atoms. The first-order valence-corrected chi connectivity index (χ1v) is 11.4. The number of fused-ring (bicyclic) bond motifs is 2. The summed E-state index contributed by atoms with van der Waals surface area (Å²) in [6.45, 7) is 4.85. The molecule has 0 saturated heterocycles. The molecule has 0 bridgehead atoms. The van der Waals surface area contributed by atoms with Gasteiger partial charge in [0.15, 0.2) is 11.5 Å². The molecule has 0 radical (unpaired) electrons. The van der Waals surface area contributed by atoms with Gasteiger partial charge in [-0.15, -0.1) is 5.10 Å². The van der Waals surface area contributed by atoms with E-state index in [1.54, 1.807) is 48.9 Å². The summed E-state index contributed by atoms with van der Waals surface area (Å²) in [5, 5.41) is 11.0. The highest BCUT2D eigenvalue weighted by Gasteiger charge is 2.22. The Bertz CT molecular complexity index is 1220. The molecule has 11 heteroatoms.